The van der Waals surface area contributed by atoms with Crippen molar-refractivity contribution in [1.82, 2.24) is 15.3 Å². The molecule has 0 aliphatic rings. The van der Waals surface area contributed by atoms with Gasteiger partial charge in [0.15, 0.2) is 0 Å². The summed E-state index contributed by atoms with van der Waals surface area (Å²) in [5.41, 5.74) is 3.80. The minimum absolute atomic E-state index is 0.232. The molecule has 1 aromatic heterocycles. The molecule has 0 saturated heterocycles. The number of halogens is 1. The molecular formula is C16H15ClN4O. The first-order valence-electron chi connectivity index (χ1n) is 6.93. The van der Waals surface area contributed by atoms with Gasteiger partial charge in [-0.15, -0.1) is 0 Å². The summed E-state index contributed by atoms with van der Waals surface area (Å²) in [6.45, 7) is 0.555. The van der Waals surface area contributed by atoms with Gasteiger partial charge in [-0.2, -0.15) is 0 Å². The molecule has 0 aliphatic carbocycles. The van der Waals surface area contributed by atoms with Crippen molar-refractivity contribution in [3.8, 4) is 0 Å². The summed E-state index contributed by atoms with van der Waals surface area (Å²) in [6.07, 6.45) is 2.43. The van der Waals surface area contributed by atoms with Crippen LogP contribution in [0.15, 0.2) is 48.8 Å². The van der Waals surface area contributed by atoms with Crippen molar-refractivity contribution in [2.75, 3.05) is 11.9 Å². The van der Waals surface area contributed by atoms with E-state index in [0.29, 0.717) is 17.3 Å². The zero-order valence-corrected chi connectivity index (χ0v) is 12.5. The van der Waals surface area contributed by atoms with Gasteiger partial charge in [0, 0.05) is 17.3 Å². The highest BCUT2D eigenvalue weighted by atomic mass is 35.5. The van der Waals surface area contributed by atoms with Gasteiger partial charge in [-0.25, -0.2) is 9.78 Å². The van der Waals surface area contributed by atoms with Gasteiger partial charge >= 0.3 is 6.03 Å². The number of aromatic amines is 1. The molecule has 0 saturated carbocycles. The summed E-state index contributed by atoms with van der Waals surface area (Å²) in [5.74, 6) is 0. The maximum Gasteiger partial charge on any atom is 0.319 e. The number of nitrogens with zero attached hydrogens (tertiary/aromatic N) is 1. The summed E-state index contributed by atoms with van der Waals surface area (Å²) in [6, 6.07) is 12.8. The average molecular weight is 315 g/mol. The Morgan fingerprint density at radius 3 is 2.82 bits per heavy atom. The molecule has 3 N–H and O–H groups in total. The first-order valence-corrected chi connectivity index (χ1v) is 7.31. The summed E-state index contributed by atoms with van der Waals surface area (Å²) < 4.78 is 0. The molecule has 22 heavy (non-hydrogen) atoms. The molecule has 3 aromatic rings. The molecule has 112 valence electrons. The van der Waals surface area contributed by atoms with Crippen LogP contribution in [0, 0.1) is 0 Å². The number of urea groups is 1. The first-order chi connectivity index (χ1) is 10.7. The van der Waals surface area contributed by atoms with Crippen molar-refractivity contribution in [1.29, 1.82) is 0 Å². The van der Waals surface area contributed by atoms with Gasteiger partial charge in [0.05, 0.1) is 17.4 Å². The highest BCUT2D eigenvalue weighted by molar-refractivity contribution is 6.30. The lowest BCUT2D eigenvalue weighted by molar-refractivity contribution is 0.252. The fourth-order valence-electron chi connectivity index (χ4n) is 2.17. The number of anilines is 1. The normalized spacial score (nSPS) is 10.6. The lowest BCUT2D eigenvalue weighted by Gasteiger charge is -2.08. The summed E-state index contributed by atoms with van der Waals surface area (Å²) in [7, 11) is 0. The van der Waals surface area contributed by atoms with Crippen LogP contribution in [-0.2, 0) is 6.42 Å². The van der Waals surface area contributed by atoms with Crippen LogP contribution in [-0.4, -0.2) is 22.5 Å². The number of benzene rings is 2. The largest absolute Gasteiger partial charge is 0.345 e. The fourth-order valence-corrected chi connectivity index (χ4v) is 2.29. The summed E-state index contributed by atoms with van der Waals surface area (Å²) in [4.78, 5) is 19.0. The Kier molecular flexibility index (Phi) is 4.25. The van der Waals surface area contributed by atoms with E-state index in [1.807, 2.05) is 18.2 Å². The molecule has 0 spiro atoms. The van der Waals surface area contributed by atoms with Gasteiger partial charge in [-0.1, -0.05) is 17.7 Å². The highest BCUT2D eigenvalue weighted by Gasteiger charge is 2.02. The third kappa shape index (κ3) is 3.56. The number of carbonyl (C=O) groups excluding carboxylic acids is 1. The Labute approximate surface area is 132 Å². The molecule has 2 aromatic carbocycles. The minimum Gasteiger partial charge on any atom is -0.345 e. The molecule has 0 radical (unpaired) electrons. The number of fused-ring (bicyclic) bond motifs is 1. The van der Waals surface area contributed by atoms with E-state index >= 15 is 0 Å². The van der Waals surface area contributed by atoms with Crippen LogP contribution in [0.3, 0.4) is 0 Å². The van der Waals surface area contributed by atoms with Crippen LogP contribution in [0.5, 0.6) is 0 Å². The molecule has 0 unspecified atom stereocenters. The second-order valence-electron chi connectivity index (χ2n) is 4.89. The van der Waals surface area contributed by atoms with Crippen molar-refractivity contribution in [2.45, 2.75) is 6.42 Å². The van der Waals surface area contributed by atoms with Crippen molar-refractivity contribution >= 4 is 34.4 Å². The second-order valence-corrected chi connectivity index (χ2v) is 5.33. The lowest BCUT2D eigenvalue weighted by Crippen LogP contribution is -2.30. The van der Waals surface area contributed by atoms with Gasteiger partial charge < -0.3 is 15.6 Å². The zero-order valence-electron chi connectivity index (χ0n) is 11.8. The van der Waals surface area contributed by atoms with Crippen LogP contribution in [0.25, 0.3) is 11.0 Å². The molecule has 0 bridgehead atoms. The van der Waals surface area contributed by atoms with E-state index in [4.69, 9.17) is 11.6 Å². The van der Waals surface area contributed by atoms with Gasteiger partial charge in [-0.05, 0) is 48.4 Å². The van der Waals surface area contributed by atoms with E-state index in [2.05, 4.69) is 20.6 Å². The Morgan fingerprint density at radius 2 is 2.00 bits per heavy atom. The number of amides is 2. The number of nitrogens with one attached hydrogen (secondary N) is 3. The Bertz CT molecular complexity index is 782. The van der Waals surface area contributed by atoms with E-state index < -0.39 is 0 Å². The van der Waals surface area contributed by atoms with Gasteiger partial charge in [0.1, 0.15) is 0 Å². The Morgan fingerprint density at radius 1 is 1.18 bits per heavy atom. The van der Waals surface area contributed by atoms with E-state index in [0.717, 1.165) is 23.0 Å². The van der Waals surface area contributed by atoms with Gasteiger partial charge in [0.25, 0.3) is 0 Å². The van der Waals surface area contributed by atoms with E-state index in [1.165, 1.54) is 0 Å². The third-order valence-corrected chi connectivity index (χ3v) is 3.54. The standard InChI is InChI=1S/C16H15ClN4O/c17-12-2-4-13(5-3-12)21-16(22)18-8-7-11-1-6-14-15(9-11)20-10-19-14/h1-6,9-10H,7-8H2,(H,19,20)(H2,18,21,22). The third-order valence-electron chi connectivity index (χ3n) is 3.29. The van der Waals surface area contributed by atoms with Crippen molar-refractivity contribution in [3.63, 3.8) is 0 Å². The summed E-state index contributed by atoms with van der Waals surface area (Å²) in [5, 5.41) is 6.22. The minimum atomic E-state index is -0.232. The monoisotopic (exact) mass is 314 g/mol. The Hall–Kier alpha value is -2.53. The molecule has 0 aliphatic heterocycles. The average Bonchev–Trinajstić information content (AvgIpc) is 2.97. The number of rotatable bonds is 4. The fraction of sp³-hybridized carbons (Fsp3) is 0.125. The molecule has 2 amide bonds. The number of carbonyl (C=O) groups is 1. The summed E-state index contributed by atoms with van der Waals surface area (Å²) >= 11 is 5.80. The zero-order chi connectivity index (χ0) is 15.4. The van der Waals surface area contributed by atoms with Crippen LogP contribution in [0.2, 0.25) is 5.02 Å². The molecule has 0 atom stereocenters. The number of hydrogen-bond donors (Lipinski definition) is 3. The maximum absolute atomic E-state index is 11.8. The molecular weight excluding hydrogens is 300 g/mol. The van der Waals surface area contributed by atoms with E-state index in [9.17, 15) is 4.79 Å². The SMILES string of the molecule is O=C(NCCc1ccc2nc[nH]c2c1)Nc1ccc(Cl)cc1. The topological polar surface area (TPSA) is 69.8 Å². The van der Waals surface area contributed by atoms with Crippen molar-refractivity contribution in [3.05, 3.63) is 59.4 Å². The molecule has 0 fully saturated rings. The van der Waals surface area contributed by atoms with Crippen molar-refractivity contribution < 1.29 is 4.79 Å². The lowest BCUT2D eigenvalue weighted by atomic mass is 10.1. The number of aromatic nitrogens is 2. The van der Waals surface area contributed by atoms with Crippen LogP contribution < -0.4 is 10.6 Å². The van der Waals surface area contributed by atoms with Crippen LogP contribution in [0.1, 0.15) is 5.56 Å². The van der Waals surface area contributed by atoms with Gasteiger partial charge in [0.2, 0.25) is 0 Å². The van der Waals surface area contributed by atoms with Crippen LogP contribution >= 0.6 is 11.6 Å². The predicted octanol–water partition coefficient (Wildman–Crippen LogP) is 3.58. The Balaban J connectivity index is 1.49. The number of H-pyrrole nitrogens is 1. The smallest absolute Gasteiger partial charge is 0.319 e. The molecule has 3 rings (SSSR count). The van der Waals surface area contributed by atoms with E-state index in [-0.39, 0.29) is 6.03 Å². The maximum atomic E-state index is 11.8. The highest BCUT2D eigenvalue weighted by Crippen LogP contribution is 2.13. The first kappa shape index (κ1) is 14.4. The number of imidazole rings is 1. The predicted molar refractivity (Wildman–Crippen MR) is 88.3 cm³/mol. The van der Waals surface area contributed by atoms with Crippen molar-refractivity contribution in [2.24, 2.45) is 0 Å². The van der Waals surface area contributed by atoms with E-state index in [1.54, 1.807) is 30.6 Å². The second kappa shape index (κ2) is 6.49. The molecule has 6 heteroatoms. The number of hydrogen-bond acceptors (Lipinski definition) is 2. The van der Waals surface area contributed by atoms with Crippen LogP contribution in [0.4, 0.5) is 10.5 Å². The van der Waals surface area contributed by atoms with Gasteiger partial charge in [-0.3, -0.25) is 0 Å². The molecule has 5 nitrogen and oxygen atoms in total. The molecule has 1 heterocycles. The quantitative estimate of drug-likeness (QED) is 0.689.